The van der Waals surface area contributed by atoms with E-state index in [1.807, 2.05) is 6.20 Å². The Morgan fingerprint density at radius 2 is 2.29 bits per heavy atom. The van der Waals surface area contributed by atoms with Gasteiger partial charge in [0, 0.05) is 29.7 Å². The summed E-state index contributed by atoms with van der Waals surface area (Å²) in [4.78, 5) is 8.21. The lowest BCUT2D eigenvalue weighted by molar-refractivity contribution is 0.408. The van der Waals surface area contributed by atoms with Gasteiger partial charge in [0.05, 0.1) is 12.1 Å². The lowest BCUT2D eigenvalue weighted by Gasteiger charge is -2.43. The van der Waals surface area contributed by atoms with E-state index in [0.29, 0.717) is 0 Å². The smallest absolute Gasteiger partial charge is 0.133 e. The van der Waals surface area contributed by atoms with E-state index in [1.54, 1.807) is 11.3 Å². The molecule has 2 unspecified atom stereocenters. The van der Waals surface area contributed by atoms with Gasteiger partial charge in [0.2, 0.25) is 0 Å². The molecule has 4 rings (SSSR count). The van der Waals surface area contributed by atoms with Crippen molar-refractivity contribution in [3.8, 4) is 6.07 Å². The van der Waals surface area contributed by atoms with Crippen molar-refractivity contribution in [2.24, 2.45) is 0 Å². The van der Waals surface area contributed by atoms with Gasteiger partial charge in [0.1, 0.15) is 10.4 Å². The van der Waals surface area contributed by atoms with Crippen LogP contribution in [0.1, 0.15) is 28.3 Å². The van der Waals surface area contributed by atoms with Crippen LogP contribution < -0.4 is 4.90 Å². The summed E-state index contributed by atoms with van der Waals surface area (Å²) >= 11 is 1.68. The predicted molar refractivity (Wildman–Crippen MR) is 84.7 cm³/mol. The predicted octanol–water partition coefficient (Wildman–Crippen LogP) is 3.44. The van der Waals surface area contributed by atoms with E-state index in [0.717, 1.165) is 30.8 Å². The van der Waals surface area contributed by atoms with Gasteiger partial charge >= 0.3 is 0 Å². The molecule has 1 aromatic heterocycles. The average molecular weight is 295 g/mol. The summed E-state index contributed by atoms with van der Waals surface area (Å²) in [6.07, 6.45) is 4.93. The maximum Gasteiger partial charge on any atom is 0.133 e. The Bertz CT molecular complexity index is 730. The quantitative estimate of drug-likeness (QED) is 0.809. The maximum atomic E-state index is 10.1. The number of para-hydroxylation sites is 1. The highest BCUT2D eigenvalue weighted by atomic mass is 32.1. The van der Waals surface area contributed by atoms with Crippen LogP contribution >= 0.6 is 11.3 Å². The summed E-state index contributed by atoms with van der Waals surface area (Å²) in [7, 11) is 0. The molecule has 2 aliphatic heterocycles. The first-order chi connectivity index (χ1) is 10.2. The number of anilines is 1. The number of rotatable bonds is 1. The zero-order valence-corrected chi connectivity index (χ0v) is 12.9. The van der Waals surface area contributed by atoms with E-state index in [2.05, 4.69) is 47.1 Å². The van der Waals surface area contributed by atoms with E-state index in [9.17, 15) is 5.26 Å². The van der Waals surface area contributed by atoms with E-state index in [1.165, 1.54) is 16.1 Å². The van der Waals surface area contributed by atoms with Crippen molar-refractivity contribution in [2.75, 3.05) is 11.4 Å². The molecule has 3 nitrogen and oxygen atoms in total. The third kappa shape index (κ3) is 1.74. The average Bonchev–Trinajstić information content (AvgIpc) is 3.15. The number of aromatic nitrogens is 1. The summed E-state index contributed by atoms with van der Waals surface area (Å²) in [6.45, 7) is 3.12. The zero-order chi connectivity index (χ0) is 14.4. The molecule has 4 heteroatoms. The highest BCUT2D eigenvalue weighted by Crippen LogP contribution is 2.47. The Labute approximate surface area is 128 Å². The normalized spacial score (nSPS) is 27.0. The van der Waals surface area contributed by atoms with Gasteiger partial charge in [-0.1, -0.05) is 18.2 Å². The standard InChI is InChI=1S/C17H17N3S/c1-12-10-19-16(21-12)17(11-18)9-13-5-2-3-6-14(13)20-8-4-7-15(17)20/h2-3,5-6,10,15H,4,7-9H2,1H3. The fourth-order valence-electron chi connectivity index (χ4n) is 3.87. The molecule has 2 atom stereocenters. The van der Waals surface area contributed by atoms with Gasteiger partial charge in [-0.15, -0.1) is 11.3 Å². The monoisotopic (exact) mass is 295 g/mol. The molecule has 2 aliphatic rings. The van der Waals surface area contributed by atoms with Gasteiger partial charge in [-0.05, 0) is 31.4 Å². The lowest BCUT2D eigenvalue weighted by atomic mass is 9.72. The largest absolute Gasteiger partial charge is 0.366 e. The second kappa shape index (κ2) is 4.57. The number of nitrogens with zero attached hydrogens (tertiary/aromatic N) is 3. The Morgan fingerprint density at radius 1 is 1.43 bits per heavy atom. The summed E-state index contributed by atoms with van der Waals surface area (Å²) in [6, 6.07) is 11.5. The number of benzene rings is 1. The number of nitriles is 1. The minimum atomic E-state index is -0.482. The van der Waals surface area contributed by atoms with Gasteiger partial charge in [-0.25, -0.2) is 4.98 Å². The van der Waals surface area contributed by atoms with Crippen molar-refractivity contribution in [1.29, 1.82) is 5.26 Å². The molecule has 0 bridgehead atoms. The van der Waals surface area contributed by atoms with E-state index in [4.69, 9.17) is 0 Å². The second-order valence-corrected chi connectivity index (χ2v) is 7.25. The van der Waals surface area contributed by atoms with Gasteiger partial charge in [-0.3, -0.25) is 0 Å². The van der Waals surface area contributed by atoms with Crippen molar-refractivity contribution in [1.82, 2.24) is 4.98 Å². The van der Waals surface area contributed by atoms with Crippen LogP contribution in [-0.2, 0) is 11.8 Å². The Balaban J connectivity index is 1.91. The van der Waals surface area contributed by atoms with Crippen molar-refractivity contribution >= 4 is 17.0 Å². The summed E-state index contributed by atoms with van der Waals surface area (Å²) in [5.74, 6) is 0. The van der Waals surface area contributed by atoms with Crippen LogP contribution in [0.4, 0.5) is 5.69 Å². The number of aryl methyl sites for hydroxylation is 1. The number of fused-ring (bicyclic) bond motifs is 3. The molecule has 0 N–H and O–H groups in total. The van der Waals surface area contributed by atoms with Crippen LogP contribution in [0, 0.1) is 18.3 Å². The fraction of sp³-hybridized carbons (Fsp3) is 0.412. The number of hydrogen-bond acceptors (Lipinski definition) is 4. The van der Waals surface area contributed by atoms with Crippen molar-refractivity contribution in [2.45, 2.75) is 37.6 Å². The highest BCUT2D eigenvalue weighted by Gasteiger charge is 2.51. The van der Waals surface area contributed by atoms with Crippen LogP contribution in [0.3, 0.4) is 0 Å². The summed E-state index contributed by atoms with van der Waals surface area (Å²) in [5, 5.41) is 11.1. The fourth-order valence-corrected chi connectivity index (χ4v) is 4.82. The summed E-state index contributed by atoms with van der Waals surface area (Å²) in [5.41, 5.74) is 2.12. The van der Waals surface area contributed by atoms with E-state index in [-0.39, 0.29) is 6.04 Å². The Morgan fingerprint density at radius 3 is 3.05 bits per heavy atom. The molecule has 0 saturated carbocycles. The molecule has 0 radical (unpaired) electrons. The SMILES string of the molecule is Cc1cnc(C2(C#N)Cc3ccccc3N3CCCC32)s1. The first-order valence-electron chi connectivity index (χ1n) is 7.43. The Kier molecular flexibility index (Phi) is 2.80. The number of hydrogen-bond donors (Lipinski definition) is 0. The lowest BCUT2D eigenvalue weighted by Crippen LogP contribution is -2.51. The van der Waals surface area contributed by atoms with Gasteiger partial charge in [-0.2, -0.15) is 5.26 Å². The van der Waals surface area contributed by atoms with Crippen molar-refractivity contribution in [3.05, 3.63) is 45.9 Å². The molecule has 21 heavy (non-hydrogen) atoms. The minimum Gasteiger partial charge on any atom is -0.366 e. The van der Waals surface area contributed by atoms with Crippen LogP contribution in [0.25, 0.3) is 0 Å². The molecule has 3 heterocycles. The molecular weight excluding hydrogens is 278 g/mol. The van der Waals surface area contributed by atoms with Crippen molar-refractivity contribution < 1.29 is 0 Å². The molecule has 0 spiro atoms. The molecule has 1 saturated heterocycles. The first-order valence-corrected chi connectivity index (χ1v) is 8.25. The third-order valence-corrected chi connectivity index (χ3v) is 5.88. The number of thiazole rings is 1. The van der Waals surface area contributed by atoms with E-state index >= 15 is 0 Å². The zero-order valence-electron chi connectivity index (χ0n) is 12.0. The van der Waals surface area contributed by atoms with Crippen LogP contribution in [-0.4, -0.2) is 17.6 Å². The minimum absolute atomic E-state index is 0.267. The van der Waals surface area contributed by atoms with Crippen LogP contribution in [0.2, 0.25) is 0 Å². The van der Waals surface area contributed by atoms with Crippen LogP contribution in [0.15, 0.2) is 30.5 Å². The van der Waals surface area contributed by atoms with E-state index < -0.39 is 5.41 Å². The molecule has 106 valence electrons. The molecule has 0 aliphatic carbocycles. The van der Waals surface area contributed by atoms with Crippen LogP contribution in [0.5, 0.6) is 0 Å². The second-order valence-electron chi connectivity index (χ2n) is 6.02. The molecule has 1 fully saturated rings. The van der Waals surface area contributed by atoms with Gasteiger partial charge in [0.25, 0.3) is 0 Å². The first kappa shape index (κ1) is 12.8. The maximum absolute atomic E-state index is 10.1. The molecular formula is C17H17N3S. The van der Waals surface area contributed by atoms with Gasteiger partial charge in [0.15, 0.2) is 0 Å². The van der Waals surface area contributed by atoms with Gasteiger partial charge < -0.3 is 4.90 Å². The highest BCUT2D eigenvalue weighted by molar-refractivity contribution is 7.11. The summed E-state index contributed by atoms with van der Waals surface area (Å²) < 4.78 is 0. The molecule has 2 aromatic rings. The molecule has 0 amide bonds. The topological polar surface area (TPSA) is 39.9 Å². The Hall–Kier alpha value is -1.86. The molecule has 1 aromatic carbocycles. The third-order valence-electron chi connectivity index (χ3n) is 4.79. The van der Waals surface area contributed by atoms with Crippen molar-refractivity contribution in [3.63, 3.8) is 0 Å².